The third kappa shape index (κ3) is 4.67. The molecule has 2 aliphatic rings. The van der Waals surface area contributed by atoms with Crippen LogP contribution in [0.1, 0.15) is 24.4 Å². The summed E-state index contributed by atoms with van der Waals surface area (Å²) in [4.78, 5) is 12.4. The second kappa shape index (κ2) is 8.99. The Balaban J connectivity index is 0.00000192. The highest BCUT2D eigenvalue weighted by atomic mass is 79.9. The lowest BCUT2D eigenvalue weighted by molar-refractivity contribution is -0.122. The van der Waals surface area contributed by atoms with Crippen LogP contribution < -0.4 is 21.5 Å². The zero-order chi connectivity index (χ0) is 15.4. The molecule has 4 unspecified atom stereocenters. The third-order valence-electron chi connectivity index (χ3n) is 4.49. The summed E-state index contributed by atoms with van der Waals surface area (Å²) in [5.41, 5.74) is 7.50. The van der Waals surface area contributed by atoms with E-state index in [0.29, 0.717) is 5.92 Å². The molecule has 4 N–H and O–H groups in total. The zero-order valence-corrected chi connectivity index (χ0v) is 15.3. The molecule has 128 valence electrons. The molecule has 2 saturated heterocycles. The van der Waals surface area contributed by atoms with E-state index in [9.17, 15) is 4.79 Å². The first-order chi connectivity index (χ1) is 10.8. The molecule has 0 radical (unpaired) electrons. The van der Waals surface area contributed by atoms with Crippen molar-refractivity contribution in [2.24, 2.45) is 5.92 Å². The van der Waals surface area contributed by atoms with Gasteiger partial charge in [-0.1, -0.05) is 46.3 Å². The number of halogens is 2. The molecule has 2 fully saturated rings. The molecule has 3 rings (SSSR count). The molecule has 2 heterocycles. The van der Waals surface area contributed by atoms with Gasteiger partial charge in [0.2, 0.25) is 5.91 Å². The van der Waals surface area contributed by atoms with E-state index in [1.807, 2.05) is 18.2 Å². The first-order valence-corrected chi connectivity index (χ1v) is 8.86. The Hall–Kier alpha value is -0.660. The number of carbonyl (C=O) groups is 1. The Bertz CT molecular complexity index is 498. The highest BCUT2D eigenvalue weighted by molar-refractivity contribution is 9.09. The second-order valence-corrected chi connectivity index (χ2v) is 7.09. The highest BCUT2D eigenvalue weighted by Crippen LogP contribution is 2.28. The molecule has 23 heavy (non-hydrogen) atoms. The summed E-state index contributed by atoms with van der Waals surface area (Å²) in [5.74, 6) is 0.755. The van der Waals surface area contributed by atoms with Gasteiger partial charge < -0.3 is 10.6 Å². The second-order valence-electron chi connectivity index (χ2n) is 6.04. The molecule has 1 aromatic carbocycles. The molecule has 0 saturated carbocycles. The van der Waals surface area contributed by atoms with Gasteiger partial charge in [-0.05, 0) is 37.4 Å². The Kier molecular flexibility index (Phi) is 7.30. The number of hydrazine groups is 1. The molecule has 1 amide bonds. The Morgan fingerprint density at radius 1 is 1.26 bits per heavy atom. The minimum atomic E-state index is -0.257. The van der Waals surface area contributed by atoms with Gasteiger partial charge in [0.1, 0.15) is 6.04 Å². The number of benzene rings is 1. The predicted molar refractivity (Wildman–Crippen MR) is 97.8 cm³/mol. The fourth-order valence-corrected chi connectivity index (χ4v) is 3.95. The van der Waals surface area contributed by atoms with Gasteiger partial charge in [0.15, 0.2) is 0 Å². The number of alkyl halides is 1. The van der Waals surface area contributed by atoms with Gasteiger partial charge >= 0.3 is 0 Å². The van der Waals surface area contributed by atoms with Gasteiger partial charge in [-0.25, -0.2) is 10.9 Å². The minimum Gasteiger partial charge on any atom is -0.355 e. The zero-order valence-electron chi connectivity index (χ0n) is 12.9. The van der Waals surface area contributed by atoms with E-state index in [0.717, 1.165) is 26.1 Å². The topological polar surface area (TPSA) is 65.2 Å². The van der Waals surface area contributed by atoms with E-state index in [1.54, 1.807) is 0 Å². The molecule has 4 atom stereocenters. The van der Waals surface area contributed by atoms with E-state index in [2.05, 4.69) is 49.5 Å². The fraction of sp³-hybridized carbons (Fsp3) is 0.562. The third-order valence-corrected chi connectivity index (χ3v) is 5.54. The van der Waals surface area contributed by atoms with Crippen LogP contribution in [-0.4, -0.2) is 36.4 Å². The van der Waals surface area contributed by atoms with Gasteiger partial charge in [-0.2, -0.15) is 0 Å². The van der Waals surface area contributed by atoms with Crippen molar-refractivity contribution in [1.82, 2.24) is 21.5 Å². The summed E-state index contributed by atoms with van der Waals surface area (Å²) in [6.07, 6.45) is 2.27. The highest BCUT2D eigenvalue weighted by Gasteiger charge is 2.38. The van der Waals surface area contributed by atoms with Crippen molar-refractivity contribution >= 4 is 34.2 Å². The van der Waals surface area contributed by atoms with Gasteiger partial charge in [0, 0.05) is 6.54 Å². The van der Waals surface area contributed by atoms with Crippen molar-refractivity contribution in [3.05, 3.63) is 35.9 Å². The molecule has 0 bridgehead atoms. The van der Waals surface area contributed by atoms with Crippen molar-refractivity contribution in [2.45, 2.75) is 29.8 Å². The number of carbonyl (C=O) groups excluding carboxylic acids is 1. The van der Waals surface area contributed by atoms with Crippen LogP contribution >= 0.6 is 28.3 Å². The molecule has 0 aliphatic carbocycles. The largest absolute Gasteiger partial charge is 0.355 e. The summed E-state index contributed by atoms with van der Waals surface area (Å²) in [6, 6.07) is 10.0. The molecule has 1 aromatic rings. The van der Waals surface area contributed by atoms with Crippen LogP contribution in [-0.2, 0) is 4.79 Å². The molecule has 0 aromatic heterocycles. The van der Waals surface area contributed by atoms with E-state index in [1.165, 1.54) is 12.0 Å². The Labute approximate surface area is 151 Å². The van der Waals surface area contributed by atoms with Gasteiger partial charge in [0.05, 0.1) is 10.9 Å². The summed E-state index contributed by atoms with van der Waals surface area (Å²) in [7, 11) is 0. The van der Waals surface area contributed by atoms with Crippen molar-refractivity contribution < 1.29 is 4.79 Å². The number of amides is 1. The summed E-state index contributed by atoms with van der Waals surface area (Å²) >= 11 is 3.67. The SMILES string of the molecule is Cl.O=C(NCCC1CCNC1)C1NNC(c2ccccc2)C1Br. The van der Waals surface area contributed by atoms with Crippen LogP contribution in [0, 0.1) is 5.92 Å². The molecular formula is C16H24BrClN4O. The first kappa shape index (κ1) is 18.7. The maximum Gasteiger partial charge on any atom is 0.239 e. The smallest absolute Gasteiger partial charge is 0.239 e. The molecule has 5 nitrogen and oxygen atoms in total. The Morgan fingerprint density at radius 3 is 2.74 bits per heavy atom. The van der Waals surface area contributed by atoms with Gasteiger partial charge in [0.25, 0.3) is 0 Å². The quantitative estimate of drug-likeness (QED) is 0.563. The van der Waals surface area contributed by atoms with Crippen molar-refractivity contribution in [1.29, 1.82) is 0 Å². The van der Waals surface area contributed by atoms with E-state index >= 15 is 0 Å². The van der Waals surface area contributed by atoms with Gasteiger partial charge in [-0.15, -0.1) is 12.4 Å². The minimum absolute atomic E-state index is 0. The van der Waals surface area contributed by atoms with E-state index in [4.69, 9.17) is 0 Å². The van der Waals surface area contributed by atoms with Crippen molar-refractivity contribution in [3.8, 4) is 0 Å². The van der Waals surface area contributed by atoms with Crippen LogP contribution in [0.4, 0.5) is 0 Å². The van der Waals surface area contributed by atoms with Crippen LogP contribution in [0.3, 0.4) is 0 Å². The van der Waals surface area contributed by atoms with Crippen LogP contribution in [0.2, 0.25) is 0 Å². The monoisotopic (exact) mass is 402 g/mol. The lowest BCUT2D eigenvalue weighted by Crippen LogP contribution is -2.46. The number of hydrogen-bond acceptors (Lipinski definition) is 4. The predicted octanol–water partition coefficient (Wildman–Crippen LogP) is 1.51. The average molecular weight is 404 g/mol. The maximum absolute atomic E-state index is 12.3. The Morgan fingerprint density at radius 2 is 2.04 bits per heavy atom. The van der Waals surface area contributed by atoms with Crippen LogP contribution in [0.25, 0.3) is 0 Å². The van der Waals surface area contributed by atoms with Crippen molar-refractivity contribution in [3.63, 3.8) is 0 Å². The first-order valence-electron chi connectivity index (χ1n) is 7.94. The van der Waals surface area contributed by atoms with Crippen LogP contribution in [0.15, 0.2) is 30.3 Å². The molecule has 7 heteroatoms. The normalized spacial score (nSPS) is 30.0. The lowest BCUT2D eigenvalue weighted by Gasteiger charge is -2.17. The van der Waals surface area contributed by atoms with Gasteiger partial charge in [-0.3, -0.25) is 4.79 Å². The van der Waals surface area contributed by atoms with Crippen molar-refractivity contribution in [2.75, 3.05) is 19.6 Å². The maximum atomic E-state index is 12.3. The number of hydrogen-bond donors (Lipinski definition) is 4. The average Bonchev–Trinajstić information content (AvgIpc) is 3.18. The standard InChI is InChI=1S/C16H23BrN4O.ClH/c17-13-14(12-4-2-1-3-5-12)20-21-15(13)16(22)19-9-7-11-6-8-18-10-11;/h1-5,11,13-15,18,20-21H,6-10H2,(H,19,22);1H. The fourth-order valence-electron chi connectivity index (χ4n) is 3.14. The molecule has 2 aliphatic heterocycles. The molecule has 0 spiro atoms. The summed E-state index contributed by atoms with van der Waals surface area (Å²) in [6.45, 7) is 2.93. The summed E-state index contributed by atoms with van der Waals surface area (Å²) in [5, 5.41) is 6.41. The number of nitrogens with one attached hydrogen (secondary N) is 4. The summed E-state index contributed by atoms with van der Waals surface area (Å²) < 4.78 is 0. The van der Waals surface area contributed by atoms with E-state index < -0.39 is 0 Å². The lowest BCUT2D eigenvalue weighted by atomic mass is 10.0. The number of rotatable bonds is 5. The molecular weight excluding hydrogens is 380 g/mol. The van der Waals surface area contributed by atoms with E-state index in [-0.39, 0.29) is 35.2 Å². The van der Waals surface area contributed by atoms with Crippen LogP contribution in [0.5, 0.6) is 0 Å².